The van der Waals surface area contributed by atoms with Gasteiger partial charge >= 0.3 is 0 Å². The van der Waals surface area contributed by atoms with Crippen LogP contribution in [0.5, 0.6) is 0 Å². The molecule has 1 N–H and O–H groups in total. The molecule has 1 aliphatic rings. The minimum absolute atomic E-state index is 0.118. The van der Waals surface area contributed by atoms with E-state index in [1.54, 1.807) is 23.1 Å². The van der Waals surface area contributed by atoms with Crippen LogP contribution in [0.25, 0.3) is 0 Å². The third-order valence-corrected chi connectivity index (χ3v) is 2.74. The van der Waals surface area contributed by atoms with Crippen LogP contribution < -0.4 is 10.2 Å². The predicted octanol–water partition coefficient (Wildman–Crippen LogP) is 1.46. The number of anilines is 1. The quantitative estimate of drug-likeness (QED) is 0.776. The Kier molecular flexibility index (Phi) is 3.03. The first-order valence-electron chi connectivity index (χ1n) is 4.59. The average molecular weight is 259 g/mol. The van der Waals surface area contributed by atoms with Gasteiger partial charge in [0, 0.05) is 5.02 Å². The van der Waals surface area contributed by atoms with E-state index in [4.69, 9.17) is 23.2 Å². The number of amides is 2. The molecule has 1 fully saturated rings. The number of halogens is 2. The predicted molar refractivity (Wildman–Crippen MR) is 61.8 cm³/mol. The molecule has 6 heteroatoms. The lowest BCUT2D eigenvalue weighted by Gasteiger charge is -2.28. The lowest BCUT2D eigenvalue weighted by molar-refractivity contribution is -0.130. The number of hydrogen-bond donors (Lipinski definition) is 1. The molecule has 0 atom stereocenters. The second-order valence-electron chi connectivity index (χ2n) is 3.42. The van der Waals surface area contributed by atoms with Gasteiger partial charge in [-0.25, -0.2) is 0 Å². The van der Waals surface area contributed by atoms with E-state index in [-0.39, 0.29) is 24.9 Å². The molecule has 1 aromatic rings. The Hall–Kier alpha value is -1.26. The lowest BCUT2D eigenvalue weighted by Crippen LogP contribution is -2.51. The minimum atomic E-state index is -0.331. The van der Waals surface area contributed by atoms with Gasteiger partial charge < -0.3 is 4.90 Å². The largest absolute Gasteiger partial charge is 0.352 e. The molecule has 2 amide bonds. The fraction of sp³-hybridized carbons (Fsp3) is 0.200. The van der Waals surface area contributed by atoms with Gasteiger partial charge in [0.05, 0.1) is 23.8 Å². The first-order chi connectivity index (χ1) is 7.56. The van der Waals surface area contributed by atoms with Crippen LogP contribution in [0.2, 0.25) is 10.0 Å². The Morgan fingerprint density at radius 1 is 1.12 bits per heavy atom. The van der Waals surface area contributed by atoms with Gasteiger partial charge in [-0.3, -0.25) is 14.9 Å². The summed E-state index contributed by atoms with van der Waals surface area (Å²) >= 11 is 11.8. The van der Waals surface area contributed by atoms with E-state index >= 15 is 0 Å². The molecule has 1 heterocycles. The second-order valence-corrected chi connectivity index (χ2v) is 4.27. The zero-order valence-electron chi connectivity index (χ0n) is 8.17. The highest BCUT2D eigenvalue weighted by Gasteiger charge is 2.23. The molecule has 4 nitrogen and oxygen atoms in total. The SMILES string of the molecule is O=C1CN(c2ccc(Cl)cc2Cl)CC(=O)N1. The number of carbonyl (C=O) groups excluding carboxylic acids is 2. The summed E-state index contributed by atoms with van der Waals surface area (Å²) in [5, 5.41) is 3.16. The molecule has 0 radical (unpaired) electrons. The Morgan fingerprint density at radius 2 is 1.75 bits per heavy atom. The normalized spacial score (nSPS) is 16.2. The maximum Gasteiger partial charge on any atom is 0.246 e. The highest BCUT2D eigenvalue weighted by Crippen LogP contribution is 2.28. The van der Waals surface area contributed by atoms with E-state index in [9.17, 15) is 9.59 Å². The molecular weight excluding hydrogens is 251 g/mol. The highest BCUT2D eigenvalue weighted by atomic mass is 35.5. The summed E-state index contributed by atoms with van der Waals surface area (Å²) in [5.41, 5.74) is 0.634. The summed E-state index contributed by atoms with van der Waals surface area (Å²) in [6.45, 7) is 0.236. The van der Waals surface area contributed by atoms with Gasteiger partial charge in [-0.2, -0.15) is 0 Å². The molecule has 16 heavy (non-hydrogen) atoms. The van der Waals surface area contributed by atoms with Crippen LogP contribution in [0.1, 0.15) is 0 Å². The Labute approximate surface area is 102 Å². The third-order valence-electron chi connectivity index (χ3n) is 2.20. The van der Waals surface area contributed by atoms with Crippen molar-refractivity contribution in [1.82, 2.24) is 5.32 Å². The molecule has 0 aliphatic carbocycles. The molecule has 0 spiro atoms. The zero-order valence-corrected chi connectivity index (χ0v) is 9.68. The summed E-state index contributed by atoms with van der Waals surface area (Å²) in [7, 11) is 0. The Bertz CT molecular complexity index is 446. The lowest BCUT2D eigenvalue weighted by atomic mass is 10.2. The zero-order chi connectivity index (χ0) is 11.7. The van der Waals surface area contributed by atoms with Crippen molar-refractivity contribution >= 4 is 40.7 Å². The molecule has 1 aliphatic heterocycles. The van der Waals surface area contributed by atoms with E-state index in [2.05, 4.69) is 5.32 Å². The van der Waals surface area contributed by atoms with Gasteiger partial charge in [-0.15, -0.1) is 0 Å². The number of hydrogen-bond acceptors (Lipinski definition) is 3. The fourth-order valence-electron chi connectivity index (χ4n) is 1.55. The molecule has 1 aromatic carbocycles. The van der Waals surface area contributed by atoms with Crippen LogP contribution in [0.4, 0.5) is 5.69 Å². The summed E-state index contributed by atoms with van der Waals surface area (Å²) in [5.74, 6) is -0.662. The van der Waals surface area contributed by atoms with Crippen molar-refractivity contribution in [1.29, 1.82) is 0 Å². The van der Waals surface area contributed by atoms with Crippen LogP contribution in [0.15, 0.2) is 18.2 Å². The van der Waals surface area contributed by atoms with E-state index in [0.29, 0.717) is 15.7 Å². The van der Waals surface area contributed by atoms with Gasteiger partial charge in [0.25, 0.3) is 0 Å². The van der Waals surface area contributed by atoms with Crippen LogP contribution >= 0.6 is 23.2 Å². The van der Waals surface area contributed by atoms with Crippen LogP contribution in [-0.4, -0.2) is 24.9 Å². The van der Waals surface area contributed by atoms with Crippen molar-refractivity contribution < 1.29 is 9.59 Å². The standard InChI is InChI=1S/C10H8Cl2N2O2/c11-6-1-2-8(7(12)3-6)14-4-9(15)13-10(16)5-14/h1-3H,4-5H2,(H,13,15,16). The van der Waals surface area contributed by atoms with Crippen molar-refractivity contribution in [2.75, 3.05) is 18.0 Å². The monoisotopic (exact) mass is 258 g/mol. The molecule has 0 aromatic heterocycles. The topological polar surface area (TPSA) is 49.4 Å². The van der Waals surface area contributed by atoms with Crippen molar-refractivity contribution in [3.63, 3.8) is 0 Å². The van der Waals surface area contributed by atoms with E-state index in [0.717, 1.165) is 0 Å². The third kappa shape index (κ3) is 2.28. The summed E-state index contributed by atoms with van der Waals surface area (Å²) in [6, 6.07) is 4.94. The maximum atomic E-state index is 11.2. The summed E-state index contributed by atoms with van der Waals surface area (Å²) < 4.78 is 0. The maximum absolute atomic E-state index is 11.2. The van der Waals surface area contributed by atoms with Crippen LogP contribution in [0, 0.1) is 0 Å². The first kappa shape index (κ1) is 11.2. The number of piperazine rings is 1. The smallest absolute Gasteiger partial charge is 0.246 e. The number of nitrogens with zero attached hydrogens (tertiary/aromatic N) is 1. The van der Waals surface area contributed by atoms with Gasteiger partial charge in [-0.1, -0.05) is 23.2 Å². The molecule has 84 valence electrons. The fourth-order valence-corrected chi connectivity index (χ4v) is 2.07. The number of nitrogens with one attached hydrogen (secondary N) is 1. The Balaban J connectivity index is 2.29. The van der Waals surface area contributed by atoms with Crippen LogP contribution in [0.3, 0.4) is 0 Å². The van der Waals surface area contributed by atoms with Crippen molar-refractivity contribution in [3.05, 3.63) is 28.2 Å². The van der Waals surface area contributed by atoms with Gasteiger partial charge in [0.1, 0.15) is 0 Å². The van der Waals surface area contributed by atoms with Crippen molar-refractivity contribution in [2.45, 2.75) is 0 Å². The number of carbonyl (C=O) groups is 2. The molecule has 1 saturated heterocycles. The van der Waals surface area contributed by atoms with Crippen molar-refractivity contribution in [2.24, 2.45) is 0 Å². The van der Waals surface area contributed by atoms with Gasteiger partial charge in [0.2, 0.25) is 11.8 Å². The average Bonchev–Trinajstić information content (AvgIpc) is 2.15. The molecule has 0 unspecified atom stereocenters. The summed E-state index contributed by atoms with van der Waals surface area (Å²) in [6.07, 6.45) is 0. The molecule has 0 saturated carbocycles. The van der Waals surface area contributed by atoms with E-state index < -0.39 is 0 Å². The first-order valence-corrected chi connectivity index (χ1v) is 5.34. The second kappa shape index (κ2) is 4.31. The molecule has 0 bridgehead atoms. The highest BCUT2D eigenvalue weighted by molar-refractivity contribution is 6.36. The molecular formula is C10H8Cl2N2O2. The van der Waals surface area contributed by atoms with Gasteiger partial charge in [0.15, 0.2) is 0 Å². The number of imide groups is 1. The van der Waals surface area contributed by atoms with Crippen LogP contribution in [-0.2, 0) is 9.59 Å². The van der Waals surface area contributed by atoms with E-state index in [1.165, 1.54) is 0 Å². The molecule has 2 rings (SSSR count). The Morgan fingerprint density at radius 3 is 2.31 bits per heavy atom. The summed E-state index contributed by atoms with van der Waals surface area (Å²) in [4.78, 5) is 24.0. The minimum Gasteiger partial charge on any atom is -0.352 e. The van der Waals surface area contributed by atoms with E-state index in [1.807, 2.05) is 0 Å². The van der Waals surface area contributed by atoms with Gasteiger partial charge in [-0.05, 0) is 18.2 Å². The number of rotatable bonds is 1. The van der Waals surface area contributed by atoms with Crippen molar-refractivity contribution in [3.8, 4) is 0 Å². The number of benzene rings is 1.